The monoisotopic (exact) mass is 542 g/mol. The van der Waals surface area contributed by atoms with E-state index in [4.69, 9.17) is 35.7 Å². The first-order valence-electron chi connectivity index (χ1n) is 14.6. The third kappa shape index (κ3) is 11.3. The van der Waals surface area contributed by atoms with Crippen molar-refractivity contribution < 1.29 is 33.6 Å². The van der Waals surface area contributed by atoms with Gasteiger partial charge in [-0.15, -0.1) is 11.6 Å². The number of carbonyl (C=O) groups is 2. The molecule has 1 aliphatic carbocycles. The SMILES string of the molecule is O=C(O)CCCCCC[C@H]1[C@@H](C=CC(=O)CCCCCl)[C@@H](OC2CCCCO2)C[C@H]1OC1CCCCO1. The van der Waals surface area contributed by atoms with Crippen LogP contribution in [0.1, 0.15) is 103 Å². The van der Waals surface area contributed by atoms with Crippen molar-refractivity contribution in [1.82, 2.24) is 0 Å². The summed E-state index contributed by atoms with van der Waals surface area (Å²) >= 11 is 5.78. The minimum atomic E-state index is -0.734. The molecule has 2 heterocycles. The summed E-state index contributed by atoms with van der Waals surface area (Å²) in [7, 11) is 0. The van der Waals surface area contributed by atoms with Gasteiger partial charge in [-0.1, -0.05) is 25.3 Å². The van der Waals surface area contributed by atoms with Crippen LogP contribution in [0.3, 0.4) is 0 Å². The normalized spacial score (nSPS) is 30.6. The van der Waals surface area contributed by atoms with Gasteiger partial charge in [-0.3, -0.25) is 9.59 Å². The molecule has 0 aromatic heterocycles. The Morgan fingerprint density at radius 2 is 1.49 bits per heavy atom. The highest BCUT2D eigenvalue weighted by molar-refractivity contribution is 6.17. The van der Waals surface area contributed by atoms with E-state index in [1.54, 1.807) is 6.08 Å². The molecule has 0 bridgehead atoms. The van der Waals surface area contributed by atoms with Crippen LogP contribution in [0.2, 0.25) is 0 Å². The average Bonchev–Trinajstić information content (AvgIpc) is 3.21. The predicted molar refractivity (Wildman–Crippen MR) is 143 cm³/mol. The second kappa shape index (κ2) is 17.6. The Hall–Kier alpha value is -0.990. The molecule has 37 heavy (non-hydrogen) atoms. The summed E-state index contributed by atoms with van der Waals surface area (Å²) < 4.78 is 24.9. The van der Waals surface area contributed by atoms with E-state index in [0.717, 1.165) is 96.7 Å². The molecule has 0 spiro atoms. The Kier molecular flexibility index (Phi) is 14.5. The first-order valence-corrected chi connectivity index (χ1v) is 15.1. The van der Waals surface area contributed by atoms with Crippen molar-refractivity contribution in [2.24, 2.45) is 11.8 Å². The lowest BCUT2D eigenvalue weighted by molar-refractivity contribution is -0.204. The van der Waals surface area contributed by atoms with Crippen LogP contribution in [-0.2, 0) is 28.5 Å². The maximum absolute atomic E-state index is 12.6. The molecule has 3 fully saturated rings. The lowest BCUT2D eigenvalue weighted by atomic mass is 9.87. The van der Waals surface area contributed by atoms with Crippen LogP contribution in [0, 0.1) is 11.8 Å². The number of alkyl halides is 1. The number of carboxylic acid groups (broad SMARTS) is 1. The zero-order valence-corrected chi connectivity index (χ0v) is 23.1. The molecular formula is C29H47ClO7. The Morgan fingerprint density at radius 3 is 2.11 bits per heavy atom. The second-order valence-electron chi connectivity index (χ2n) is 10.7. The fourth-order valence-corrected chi connectivity index (χ4v) is 5.95. The summed E-state index contributed by atoms with van der Waals surface area (Å²) in [5.74, 6) is 0.252. The van der Waals surface area contributed by atoms with E-state index in [1.807, 2.05) is 0 Å². The number of ketones is 1. The fourth-order valence-electron chi connectivity index (χ4n) is 5.76. The van der Waals surface area contributed by atoms with E-state index in [9.17, 15) is 9.59 Å². The maximum atomic E-state index is 12.6. The summed E-state index contributed by atoms with van der Waals surface area (Å²) in [5.41, 5.74) is 0. The minimum Gasteiger partial charge on any atom is -0.481 e. The molecular weight excluding hydrogens is 496 g/mol. The number of hydrogen-bond donors (Lipinski definition) is 1. The van der Waals surface area contributed by atoms with Crippen molar-refractivity contribution in [3.63, 3.8) is 0 Å². The van der Waals surface area contributed by atoms with Gasteiger partial charge < -0.3 is 24.1 Å². The van der Waals surface area contributed by atoms with Crippen molar-refractivity contribution in [3.05, 3.63) is 12.2 Å². The van der Waals surface area contributed by atoms with Gasteiger partial charge in [0.1, 0.15) is 0 Å². The molecule has 0 radical (unpaired) electrons. The summed E-state index contributed by atoms with van der Waals surface area (Å²) in [6.45, 7) is 1.47. The maximum Gasteiger partial charge on any atom is 0.303 e. The molecule has 3 aliphatic rings. The molecule has 2 aliphatic heterocycles. The molecule has 8 heteroatoms. The second-order valence-corrected chi connectivity index (χ2v) is 11.1. The van der Waals surface area contributed by atoms with E-state index in [-0.39, 0.29) is 48.8 Å². The topological polar surface area (TPSA) is 91.3 Å². The van der Waals surface area contributed by atoms with Gasteiger partial charge in [-0.05, 0) is 76.2 Å². The van der Waals surface area contributed by atoms with Gasteiger partial charge in [0.2, 0.25) is 0 Å². The lowest BCUT2D eigenvalue weighted by Gasteiger charge is -2.30. The highest BCUT2D eigenvalue weighted by atomic mass is 35.5. The van der Waals surface area contributed by atoms with Crippen molar-refractivity contribution >= 4 is 23.4 Å². The van der Waals surface area contributed by atoms with Crippen LogP contribution in [0.4, 0.5) is 0 Å². The smallest absolute Gasteiger partial charge is 0.303 e. The number of carboxylic acids is 1. The molecule has 1 saturated carbocycles. The largest absolute Gasteiger partial charge is 0.481 e. The molecule has 0 amide bonds. The van der Waals surface area contributed by atoms with Crippen LogP contribution < -0.4 is 0 Å². The third-order valence-electron chi connectivity index (χ3n) is 7.78. The molecule has 7 nitrogen and oxygen atoms in total. The molecule has 0 aromatic carbocycles. The van der Waals surface area contributed by atoms with Crippen molar-refractivity contribution in [3.8, 4) is 0 Å². The Bertz CT molecular complexity index is 688. The average molecular weight is 543 g/mol. The standard InChI is InChI=1S/C29H47ClO7/c30-18-8-5-11-22(31)16-17-24-23(12-3-1-2-4-13-27(32)33)25(36-28-14-6-9-19-34-28)21-26(24)37-29-15-7-10-20-35-29/h16-17,23-26,28-29H,1-15,18-21H2,(H,32,33)/t23-,24+,25+,26-,28?,29?/m0/s1. The summed E-state index contributed by atoms with van der Waals surface area (Å²) in [6.07, 6.45) is 17.2. The number of ether oxygens (including phenoxy) is 4. The van der Waals surface area contributed by atoms with Crippen molar-refractivity contribution in [2.75, 3.05) is 19.1 Å². The number of hydrogen-bond acceptors (Lipinski definition) is 6. The Balaban J connectivity index is 1.68. The zero-order valence-electron chi connectivity index (χ0n) is 22.3. The molecule has 2 unspecified atom stereocenters. The van der Waals surface area contributed by atoms with Crippen LogP contribution >= 0.6 is 11.6 Å². The van der Waals surface area contributed by atoms with Gasteiger partial charge in [0.25, 0.3) is 0 Å². The van der Waals surface area contributed by atoms with E-state index >= 15 is 0 Å². The molecule has 2 saturated heterocycles. The van der Waals surface area contributed by atoms with Crippen LogP contribution in [0.25, 0.3) is 0 Å². The fraction of sp³-hybridized carbons (Fsp3) is 0.862. The number of aliphatic carboxylic acids is 1. The minimum absolute atomic E-state index is 0.00305. The number of rotatable bonds is 17. The molecule has 6 atom stereocenters. The number of carbonyl (C=O) groups excluding carboxylic acids is 1. The number of unbranched alkanes of at least 4 members (excludes halogenated alkanes) is 4. The Morgan fingerprint density at radius 1 is 0.838 bits per heavy atom. The molecule has 3 rings (SSSR count). The quantitative estimate of drug-likeness (QED) is 0.129. The van der Waals surface area contributed by atoms with Gasteiger partial charge in [0.15, 0.2) is 18.4 Å². The number of allylic oxidation sites excluding steroid dienone is 1. The highest BCUT2D eigenvalue weighted by Gasteiger charge is 2.45. The van der Waals surface area contributed by atoms with Gasteiger partial charge in [-0.2, -0.15) is 0 Å². The highest BCUT2D eigenvalue weighted by Crippen LogP contribution is 2.42. The summed E-state index contributed by atoms with van der Waals surface area (Å²) in [4.78, 5) is 23.4. The van der Waals surface area contributed by atoms with Gasteiger partial charge in [-0.25, -0.2) is 0 Å². The van der Waals surface area contributed by atoms with Gasteiger partial charge >= 0.3 is 5.97 Å². The molecule has 1 N–H and O–H groups in total. The van der Waals surface area contributed by atoms with E-state index < -0.39 is 5.97 Å². The predicted octanol–water partition coefficient (Wildman–Crippen LogP) is 6.41. The Labute approximate surface area is 227 Å². The van der Waals surface area contributed by atoms with Gasteiger partial charge in [0, 0.05) is 44.3 Å². The molecule has 212 valence electrons. The first kappa shape index (κ1) is 30.6. The van der Waals surface area contributed by atoms with E-state index in [1.165, 1.54) is 0 Å². The van der Waals surface area contributed by atoms with Gasteiger partial charge in [0.05, 0.1) is 12.2 Å². The van der Waals surface area contributed by atoms with E-state index in [0.29, 0.717) is 18.7 Å². The summed E-state index contributed by atoms with van der Waals surface area (Å²) in [5, 5.41) is 8.91. The number of halogens is 1. The molecule has 0 aromatic rings. The van der Waals surface area contributed by atoms with Crippen LogP contribution in [0.15, 0.2) is 12.2 Å². The van der Waals surface area contributed by atoms with Crippen LogP contribution in [0.5, 0.6) is 0 Å². The lowest BCUT2D eigenvalue weighted by Crippen LogP contribution is -2.31. The third-order valence-corrected chi connectivity index (χ3v) is 8.05. The zero-order chi connectivity index (χ0) is 26.3. The summed E-state index contributed by atoms with van der Waals surface area (Å²) in [6, 6.07) is 0. The van der Waals surface area contributed by atoms with Crippen molar-refractivity contribution in [2.45, 2.75) is 128 Å². The first-order chi connectivity index (χ1) is 18.1. The van der Waals surface area contributed by atoms with Crippen molar-refractivity contribution in [1.29, 1.82) is 0 Å². The van der Waals surface area contributed by atoms with E-state index in [2.05, 4.69) is 6.08 Å². The van der Waals surface area contributed by atoms with Crippen LogP contribution in [-0.4, -0.2) is 60.7 Å².